The van der Waals surface area contributed by atoms with Gasteiger partial charge in [0.1, 0.15) is 0 Å². The first kappa shape index (κ1) is 16.2. The van der Waals surface area contributed by atoms with Crippen molar-refractivity contribution in [1.29, 1.82) is 0 Å². The zero-order chi connectivity index (χ0) is 2.71. The summed E-state index contributed by atoms with van der Waals surface area (Å²) in [6, 6.07) is 0. The van der Waals surface area contributed by atoms with E-state index in [0.717, 1.165) is 0 Å². The minimum atomic E-state index is -1.75. The fraction of sp³-hybridized carbons (Fsp3) is 0. The summed E-state index contributed by atoms with van der Waals surface area (Å²) in [7, 11) is 0. The van der Waals surface area contributed by atoms with Gasteiger partial charge in [0.15, 0.2) is 0 Å². The first-order valence-corrected chi connectivity index (χ1v) is 1.41. The van der Waals surface area contributed by atoms with Crippen molar-refractivity contribution < 1.29 is 46.3 Å². The number of hydrogen-bond acceptors (Lipinski definition) is 2. The molecule has 5 heteroatoms. The maximum absolute atomic E-state index is 8.46. The molecule has 0 bridgehead atoms. The minimum absolute atomic E-state index is 0. The molecule has 0 aliphatic carbocycles. The van der Waals surface area contributed by atoms with E-state index in [-0.39, 0.29) is 38.3 Å². The van der Waals surface area contributed by atoms with E-state index in [0.29, 0.717) is 0 Å². The van der Waals surface area contributed by atoms with Crippen LogP contribution in [-0.2, 0) is 23.3 Å². The van der Waals surface area contributed by atoms with Crippen LogP contribution >= 0.6 is 0 Å². The predicted octanol–water partition coefficient (Wildman–Crippen LogP) is -4.69. The van der Waals surface area contributed by atoms with E-state index in [1.807, 2.05) is 0 Å². The van der Waals surface area contributed by atoms with Crippen LogP contribution < -0.4 is 23.0 Å². The summed E-state index contributed by atoms with van der Waals surface area (Å²) in [6.45, 7) is 0. The molecule has 0 amide bonds. The summed E-state index contributed by atoms with van der Waals surface area (Å²) in [5.41, 5.74) is 0. The standard InChI is InChI=1S/Al.Li.2O.Rh/q;+1;;-1;. The molecular weight excluding hydrogens is 169 g/mol. The fourth-order valence-electron chi connectivity index (χ4n) is 0. The number of hydrogen-bond donors (Lipinski definition) is 0. The van der Waals surface area contributed by atoms with E-state index in [9.17, 15) is 0 Å². The van der Waals surface area contributed by atoms with Crippen LogP contribution in [-0.4, -0.2) is 15.5 Å². The Kier molecular flexibility index (Phi) is 59.3. The van der Waals surface area contributed by atoms with Gasteiger partial charge < -0.3 is 0 Å². The quantitative estimate of drug-likeness (QED) is 0.342. The van der Waals surface area contributed by atoms with Crippen molar-refractivity contribution in [2.75, 3.05) is 0 Å². The van der Waals surface area contributed by atoms with Gasteiger partial charge in [-0.3, -0.25) is 0 Å². The third-order valence-corrected chi connectivity index (χ3v) is 0. The molecule has 0 aromatic heterocycles. The van der Waals surface area contributed by atoms with Crippen molar-refractivity contribution in [1.82, 2.24) is 0 Å². The van der Waals surface area contributed by atoms with Crippen LogP contribution in [0.5, 0.6) is 0 Å². The van der Waals surface area contributed by atoms with Gasteiger partial charge >= 0.3 is 42.3 Å². The predicted molar refractivity (Wildman–Crippen MR) is 6.44 cm³/mol. The smallest absolute Gasteiger partial charge is 0 e. The van der Waals surface area contributed by atoms with E-state index in [1.54, 1.807) is 0 Å². The average Bonchev–Trinajstić information content (AvgIpc) is 0.918. The molecule has 0 aliphatic heterocycles. The SMILES string of the molecule is [Li+].[O]=[Al][O-].[Rh]. The largest absolute Gasteiger partial charge is 0 e. The van der Waals surface area contributed by atoms with Crippen LogP contribution in [0.3, 0.4) is 0 Å². The molecule has 2 nitrogen and oxygen atoms in total. The van der Waals surface area contributed by atoms with Crippen LogP contribution in [0.4, 0.5) is 0 Å². The summed E-state index contributed by atoms with van der Waals surface area (Å²) in [5.74, 6) is 0. The van der Waals surface area contributed by atoms with Gasteiger partial charge in [-0.25, -0.2) is 0 Å². The zero-order valence-corrected chi connectivity index (χ0v) is 5.52. The van der Waals surface area contributed by atoms with Crippen LogP contribution in [0.15, 0.2) is 0 Å². The van der Waals surface area contributed by atoms with Gasteiger partial charge in [0.2, 0.25) is 0 Å². The van der Waals surface area contributed by atoms with Gasteiger partial charge in [0.05, 0.1) is 0 Å². The maximum atomic E-state index is 8.46. The molecule has 0 rings (SSSR count). The molecule has 0 unspecified atom stereocenters. The molecule has 25 valence electrons. The van der Waals surface area contributed by atoms with Gasteiger partial charge in [0, 0.05) is 19.5 Å². The Bertz CT molecular complexity index is 17.1. The third kappa shape index (κ3) is 32.9. The van der Waals surface area contributed by atoms with Crippen LogP contribution in [0.1, 0.15) is 0 Å². The molecule has 0 N–H and O–H groups in total. The first-order valence-electron chi connectivity index (χ1n) is 0.471. The molecular formula is AlLiO2Rh. The molecule has 5 heavy (non-hydrogen) atoms. The van der Waals surface area contributed by atoms with Crippen LogP contribution in [0.2, 0.25) is 0 Å². The van der Waals surface area contributed by atoms with Crippen LogP contribution in [0.25, 0.3) is 0 Å². The van der Waals surface area contributed by atoms with E-state index in [4.69, 9.17) is 7.96 Å². The van der Waals surface area contributed by atoms with Gasteiger partial charge in [0.25, 0.3) is 0 Å². The van der Waals surface area contributed by atoms with Gasteiger partial charge in [-0.2, -0.15) is 0 Å². The van der Waals surface area contributed by atoms with Crippen molar-refractivity contribution in [2.24, 2.45) is 0 Å². The third-order valence-electron chi connectivity index (χ3n) is 0. The van der Waals surface area contributed by atoms with Crippen molar-refractivity contribution in [3.63, 3.8) is 0 Å². The van der Waals surface area contributed by atoms with E-state index >= 15 is 0 Å². The number of rotatable bonds is 0. The average molecular weight is 169 g/mol. The summed E-state index contributed by atoms with van der Waals surface area (Å²) in [5, 5.41) is 0. The first-order chi connectivity index (χ1) is 1.41. The summed E-state index contributed by atoms with van der Waals surface area (Å²) < 4.78 is 16.9. The van der Waals surface area contributed by atoms with Crippen molar-refractivity contribution in [3.8, 4) is 0 Å². The Morgan fingerprint density at radius 2 is 1.60 bits per heavy atom. The van der Waals surface area contributed by atoms with Gasteiger partial charge in [-0.1, -0.05) is 0 Å². The van der Waals surface area contributed by atoms with E-state index in [2.05, 4.69) is 0 Å². The Labute approximate surface area is 61.5 Å². The second-order valence-corrected chi connectivity index (χ2v) is 0.289. The Morgan fingerprint density at radius 3 is 1.60 bits per heavy atom. The maximum Gasteiger partial charge on any atom is 0 e. The molecule has 0 saturated heterocycles. The molecule has 0 saturated carbocycles. The van der Waals surface area contributed by atoms with Crippen molar-refractivity contribution >= 4 is 15.5 Å². The summed E-state index contributed by atoms with van der Waals surface area (Å²) in [6.07, 6.45) is 0. The molecule has 0 atom stereocenters. The Morgan fingerprint density at radius 1 is 1.60 bits per heavy atom. The minimum Gasteiger partial charge on any atom is 0 e. The molecule has 0 spiro atoms. The monoisotopic (exact) mass is 169 g/mol. The normalized spacial score (nSPS) is 1.60. The van der Waals surface area contributed by atoms with E-state index < -0.39 is 15.5 Å². The Hall–Kier alpha value is 1.35. The zero-order valence-electron chi connectivity index (χ0n) is 2.73. The molecule has 0 aliphatic rings. The molecule has 0 heterocycles. The van der Waals surface area contributed by atoms with Crippen molar-refractivity contribution in [2.45, 2.75) is 0 Å². The van der Waals surface area contributed by atoms with Crippen LogP contribution in [0, 0.1) is 0 Å². The molecule has 0 fully saturated rings. The second kappa shape index (κ2) is 18.3. The second-order valence-electron chi connectivity index (χ2n) is 0.0962. The summed E-state index contributed by atoms with van der Waals surface area (Å²) >= 11 is -1.75. The van der Waals surface area contributed by atoms with Gasteiger partial charge in [-0.15, -0.1) is 0 Å². The topological polar surface area (TPSA) is 40.1 Å². The van der Waals surface area contributed by atoms with Crippen molar-refractivity contribution in [3.05, 3.63) is 0 Å². The van der Waals surface area contributed by atoms with Gasteiger partial charge in [-0.05, 0) is 0 Å². The Balaban J connectivity index is -0.0000000200. The molecule has 0 aromatic rings. The molecule has 1 radical (unpaired) electrons. The molecule has 0 aromatic carbocycles. The summed E-state index contributed by atoms with van der Waals surface area (Å²) in [4.78, 5) is 0. The fourth-order valence-corrected chi connectivity index (χ4v) is 0. The van der Waals surface area contributed by atoms with E-state index in [1.165, 1.54) is 0 Å².